The molecule has 0 radical (unpaired) electrons. The quantitative estimate of drug-likeness (QED) is 0.427. The summed E-state index contributed by atoms with van der Waals surface area (Å²) < 4.78 is 37.7. The number of amides is 1. The largest absolute Gasteiger partial charge is 0.476 e. The summed E-state index contributed by atoms with van der Waals surface area (Å²) in [6, 6.07) is 5.12. The Balaban J connectivity index is 1.29. The highest BCUT2D eigenvalue weighted by molar-refractivity contribution is 7.90. The molecular formula is C29H39N7O4S. The molecule has 1 N–H and O–H groups in total. The zero-order valence-electron chi connectivity index (χ0n) is 24.7. The number of ether oxygens (including phenoxy) is 1. The topological polar surface area (TPSA) is 124 Å². The lowest BCUT2D eigenvalue weighted by atomic mass is 9.33. The van der Waals surface area contributed by atoms with E-state index in [2.05, 4.69) is 54.4 Å². The maximum atomic E-state index is 13.5. The Morgan fingerprint density at radius 1 is 1.15 bits per heavy atom. The van der Waals surface area contributed by atoms with Crippen molar-refractivity contribution in [1.29, 1.82) is 0 Å². The van der Waals surface area contributed by atoms with Crippen LogP contribution in [-0.2, 0) is 17.1 Å². The van der Waals surface area contributed by atoms with Gasteiger partial charge in [-0.25, -0.2) is 22.8 Å². The van der Waals surface area contributed by atoms with Gasteiger partial charge in [0.2, 0.25) is 5.88 Å². The summed E-state index contributed by atoms with van der Waals surface area (Å²) in [5.74, 6) is 3.31. The molecule has 4 aliphatic rings. The molecule has 1 amide bonds. The van der Waals surface area contributed by atoms with Crippen LogP contribution >= 0.6 is 0 Å². The molecule has 3 atom stereocenters. The molecule has 1 aliphatic heterocycles. The van der Waals surface area contributed by atoms with Crippen molar-refractivity contribution in [3.8, 4) is 11.7 Å². The number of sulfonamides is 1. The molecule has 3 aromatic heterocycles. The number of carbonyl (C=O) groups excluding carboxylic acids is 1. The third kappa shape index (κ3) is 4.33. The summed E-state index contributed by atoms with van der Waals surface area (Å²) in [5, 5.41) is 8.63. The van der Waals surface area contributed by atoms with Gasteiger partial charge in [0.1, 0.15) is 10.7 Å². The van der Waals surface area contributed by atoms with Crippen LogP contribution in [0, 0.1) is 36.0 Å². The van der Waals surface area contributed by atoms with E-state index in [-0.39, 0.29) is 21.4 Å². The van der Waals surface area contributed by atoms with E-state index >= 15 is 0 Å². The van der Waals surface area contributed by atoms with E-state index in [4.69, 9.17) is 9.72 Å². The lowest BCUT2D eigenvalue weighted by Gasteiger charge is -2.72. The van der Waals surface area contributed by atoms with Crippen LogP contribution in [0.1, 0.15) is 63.5 Å². The maximum absolute atomic E-state index is 13.5. The Labute approximate surface area is 241 Å². The summed E-state index contributed by atoms with van der Waals surface area (Å²) in [6.45, 7) is 14.0. The zero-order valence-corrected chi connectivity index (χ0v) is 25.6. The lowest BCUT2D eigenvalue weighted by molar-refractivity contribution is -0.259. The number of carbonyl (C=O) groups is 1. The molecule has 41 heavy (non-hydrogen) atoms. The van der Waals surface area contributed by atoms with E-state index in [0.717, 1.165) is 12.3 Å². The number of nitrogens with zero attached hydrogens (tertiary/aromatic N) is 6. The molecule has 220 valence electrons. The predicted molar refractivity (Wildman–Crippen MR) is 154 cm³/mol. The van der Waals surface area contributed by atoms with Crippen molar-refractivity contribution in [2.24, 2.45) is 36.1 Å². The van der Waals surface area contributed by atoms with Crippen LogP contribution < -0.4 is 14.4 Å². The van der Waals surface area contributed by atoms with Gasteiger partial charge in [0.25, 0.3) is 15.9 Å². The Hall–Kier alpha value is -3.41. The first-order valence-electron chi connectivity index (χ1n) is 14.3. The van der Waals surface area contributed by atoms with Gasteiger partial charge in [0, 0.05) is 36.8 Å². The Kier molecular flexibility index (Phi) is 6.29. The van der Waals surface area contributed by atoms with Crippen LogP contribution in [0.4, 0.5) is 5.82 Å². The minimum atomic E-state index is -4.14. The second-order valence-corrected chi connectivity index (χ2v) is 14.6. The van der Waals surface area contributed by atoms with Gasteiger partial charge in [-0.1, -0.05) is 20.8 Å². The molecule has 3 saturated carbocycles. The number of hydrogen-bond donors (Lipinski definition) is 1. The predicted octanol–water partition coefficient (Wildman–Crippen LogP) is 3.72. The van der Waals surface area contributed by atoms with E-state index < -0.39 is 15.9 Å². The zero-order chi connectivity index (χ0) is 29.5. The van der Waals surface area contributed by atoms with Crippen molar-refractivity contribution in [1.82, 2.24) is 29.3 Å². The normalized spacial score (nSPS) is 28.2. The van der Waals surface area contributed by atoms with Gasteiger partial charge < -0.3 is 9.64 Å². The highest BCUT2D eigenvalue weighted by atomic mass is 32.2. The van der Waals surface area contributed by atoms with Crippen LogP contribution in [0.5, 0.6) is 5.88 Å². The monoisotopic (exact) mass is 581 g/mol. The number of anilines is 1. The molecule has 4 fully saturated rings. The van der Waals surface area contributed by atoms with E-state index in [1.807, 2.05) is 6.07 Å². The van der Waals surface area contributed by atoms with Crippen molar-refractivity contribution in [2.45, 2.75) is 64.8 Å². The van der Waals surface area contributed by atoms with Gasteiger partial charge >= 0.3 is 0 Å². The molecule has 1 saturated heterocycles. The Morgan fingerprint density at radius 2 is 1.88 bits per heavy atom. The molecule has 3 aliphatic carbocycles. The molecule has 0 spiro atoms. The first-order chi connectivity index (χ1) is 19.2. The summed E-state index contributed by atoms with van der Waals surface area (Å²) >= 11 is 0. The molecule has 3 aromatic rings. The highest BCUT2D eigenvalue weighted by Gasteiger charge is 2.68. The summed E-state index contributed by atoms with van der Waals surface area (Å²) in [6.07, 6.45) is 5.17. The van der Waals surface area contributed by atoms with Crippen LogP contribution in [-0.4, -0.2) is 57.6 Å². The number of hydrogen-bond acceptors (Lipinski definition) is 8. The molecule has 7 rings (SSSR count). The van der Waals surface area contributed by atoms with Crippen molar-refractivity contribution in [2.75, 3.05) is 18.1 Å². The van der Waals surface area contributed by atoms with Crippen molar-refractivity contribution in [3.63, 3.8) is 0 Å². The summed E-state index contributed by atoms with van der Waals surface area (Å²) in [7, 11) is -2.49. The maximum Gasteiger partial charge on any atom is 0.268 e. The SMILES string of the molecule is Cc1c(S(=O)(=O)NC(=O)c2ccc(-n3ccc(OCC45CC([C@H]4C)[C@H]5C)n3)nc2N2C[C@@H](C)CC2(C)C)cnn1C. The van der Waals surface area contributed by atoms with E-state index in [0.29, 0.717) is 54.1 Å². The van der Waals surface area contributed by atoms with Crippen LogP contribution in [0.3, 0.4) is 0 Å². The third-order valence-corrected chi connectivity index (χ3v) is 11.6. The summed E-state index contributed by atoms with van der Waals surface area (Å²) in [5.41, 5.74) is 0.592. The fourth-order valence-electron chi connectivity index (χ4n) is 7.35. The fourth-order valence-corrected chi connectivity index (χ4v) is 8.52. The minimum Gasteiger partial charge on any atom is -0.476 e. The average molecular weight is 582 g/mol. The van der Waals surface area contributed by atoms with Gasteiger partial charge in [-0.2, -0.15) is 5.10 Å². The van der Waals surface area contributed by atoms with Crippen LogP contribution in [0.25, 0.3) is 5.82 Å². The molecule has 11 nitrogen and oxygen atoms in total. The average Bonchev–Trinajstić information content (AvgIpc) is 3.59. The van der Waals surface area contributed by atoms with Crippen molar-refractivity contribution in [3.05, 3.63) is 41.9 Å². The number of pyridine rings is 1. The van der Waals surface area contributed by atoms with E-state index in [9.17, 15) is 13.2 Å². The third-order valence-electron chi connectivity index (χ3n) is 10.1. The summed E-state index contributed by atoms with van der Waals surface area (Å²) in [4.78, 5) is 20.4. The van der Waals surface area contributed by atoms with Crippen molar-refractivity contribution >= 4 is 21.7 Å². The van der Waals surface area contributed by atoms with Gasteiger partial charge in [-0.3, -0.25) is 9.48 Å². The smallest absolute Gasteiger partial charge is 0.268 e. The molecule has 4 heterocycles. The lowest BCUT2D eigenvalue weighted by Crippen LogP contribution is -2.69. The second-order valence-electron chi connectivity index (χ2n) is 13.0. The van der Waals surface area contributed by atoms with Crippen molar-refractivity contribution < 1.29 is 17.9 Å². The molecule has 2 bridgehead atoms. The molecule has 0 unspecified atom stereocenters. The van der Waals surface area contributed by atoms with Gasteiger partial charge in [0.05, 0.1) is 24.1 Å². The van der Waals surface area contributed by atoms with Gasteiger partial charge in [-0.05, 0) is 69.4 Å². The molecular weight excluding hydrogens is 542 g/mol. The minimum absolute atomic E-state index is 0.0404. The number of nitrogens with one attached hydrogen (secondary N) is 1. The first kappa shape index (κ1) is 27.7. The van der Waals surface area contributed by atoms with E-state index in [1.165, 1.54) is 17.3 Å². The van der Waals surface area contributed by atoms with Gasteiger partial charge in [0.15, 0.2) is 5.82 Å². The molecule has 12 heteroatoms. The molecule has 0 aromatic carbocycles. The van der Waals surface area contributed by atoms with E-state index in [1.54, 1.807) is 37.0 Å². The number of aromatic nitrogens is 5. The Morgan fingerprint density at radius 3 is 2.46 bits per heavy atom. The van der Waals surface area contributed by atoms with Crippen LogP contribution in [0.2, 0.25) is 0 Å². The second kappa shape index (κ2) is 9.30. The number of rotatable bonds is 8. The number of aryl methyl sites for hydroxylation is 1. The van der Waals surface area contributed by atoms with Gasteiger partial charge in [-0.15, -0.1) is 5.10 Å². The Bertz CT molecular complexity index is 1620. The highest BCUT2D eigenvalue weighted by Crippen LogP contribution is 2.72. The fraction of sp³-hybridized carbons (Fsp3) is 0.586. The van der Waals surface area contributed by atoms with Crippen LogP contribution in [0.15, 0.2) is 35.5 Å². The first-order valence-corrected chi connectivity index (χ1v) is 15.7. The standard InChI is InChI=1S/C29H39N7O4S/c1-17-12-28(5,6)35(15-17)26-21(27(37)33-41(38,39)23-14-30-34(7)20(23)4)8-9-24(31-26)36-11-10-25(32-36)40-16-29-13-22(18(29)2)19(29)3/h8-11,14,17-19,22H,12-13,15-16H2,1-7H3,(H,33,37)/t17-,18+,19+,22?,29?/m0/s1.